The van der Waals surface area contributed by atoms with E-state index in [2.05, 4.69) is 15.4 Å². The minimum absolute atomic E-state index is 0.0490. The fourth-order valence-corrected chi connectivity index (χ4v) is 2.91. The van der Waals surface area contributed by atoms with Crippen LogP contribution in [0.25, 0.3) is 0 Å². The van der Waals surface area contributed by atoms with E-state index in [9.17, 15) is 18.0 Å². The molecule has 2 aromatic rings. The molecule has 0 unspecified atom stereocenters. The van der Waals surface area contributed by atoms with Crippen LogP contribution in [0.4, 0.5) is 19.0 Å². The van der Waals surface area contributed by atoms with Crippen LogP contribution in [0.3, 0.4) is 0 Å². The fraction of sp³-hybridized carbons (Fsp3) is 0.438. The van der Waals surface area contributed by atoms with Crippen LogP contribution in [0.1, 0.15) is 28.8 Å². The molecule has 0 spiro atoms. The molecule has 1 fully saturated rings. The molecule has 0 bridgehead atoms. The van der Waals surface area contributed by atoms with Crippen LogP contribution >= 0.6 is 0 Å². The Morgan fingerprint density at radius 2 is 2.04 bits per heavy atom. The SMILES string of the molecule is Cn1cc(C(=O)NC2CCN(c3ncccc3C(F)(F)F)CC2)cn1. The minimum Gasteiger partial charge on any atom is -0.356 e. The van der Waals surface area contributed by atoms with Gasteiger partial charge in [0.1, 0.15) is 5.82 Å². The highest BCUT2D eigenvalue weighted by atomic mass is 19.4. The lowest BCUT2D eigenvalue weighted by Gasteiger charge is -2.34. The van der Waals surface area contributed by atoms with E-state index in [4.69, 9.17) is 0 Å². The summed E-state index contributed by atoms with van der Waals surface area (Å²) in [6, 6.07) is 2.24. The van der Waals surface area contributed by atoms with Gasteiger partial charge in [0.25, 0.3) is 5.91 Å². The Morgan fingerprint density at radius 3 is 2.64 bits per heavy atom. The smallest absolute Gasteiger partial charge is 0.356 e. The average Bonchev–Trinajstić information content (AvgIpc) is 3.01. The van der Waals surface area contributed by atoms with Gasteiger partial charge in [-0.25, -0.2) is 4.98 Å². The van der Waals surface area contributed by atoms with Crippen molar-refractivity contribution in [2.75, 3.05) is 18.0 Å². The number of rotatable bonds is 3. The molecule has 1 saturated heterocycles. The van der Waals surface area contributed by atoms with E-state index in [0.717, 1.165) is 6.07 Å². The van der Waals surface area contributed by atoms with Crippen molar-refractivity contribution < 1.29 is 18.0 Å². The number of piperidine rings is 1. The summed E-state index contributed by atoms with van der Waals surface area (Å²) in [5, 5.41) is 6.85. The van der Waals surface area contributed by atoms with Crippen molar-refractivity contribution in [3.63, 3.8) is 0 Å². The van der Waals surface area contributed by atoms with Crippen LogP contribution in [0.5, 0.6) is 0 Å². The number of alkyl halides is 3. The molecule has 0 aromatic carbocycles. The predicted octanol–water partition coefficient (Wildman–Crippen LogP) is 2.23. The summed E-state index contributed by atoms with van der Waals surface area (Å²) < 4.78 is 40.9. The Balaban J connectivity index is 1.62. The Labute approximate surface area is 142 Å². The van der Waals surface area contributed by atoms with E-state index >= 15 is 0 Å². The van der Waals surface area contributed by atoms with Crippen molar-refractivity contribution in [1.82, 2.24) is 20.1 Å². The lowest BCUT2D eigenvalue weighted by atomic mass is 10.0. The van der Waals surface area contributed by atoms with Gasteiger partial charge in [0.05, 0.1) is 17.3 Å². The Kier molecular flexibility index (Phi) is 4.65. The van der Waals surface area contributed by atoms with Gasteiger partial charge in [-0.3, -0.25) is 9.48 Å². The third kappa shape index (κ3) is 3.92. The first kappa shape index (κ1) is 17.2. The highest BCUT2D eigenvalue weighted by molar-refractivity contribution is 5.93. The van der Waals surface area contributed by atoms with Crippen LogP contribution in [-0.2, 0) is 13.2 Å². The molecule has 0 radical (unpaired) electrons. The first-order valence-corrected chi connectivity index (χ1v) is 7.91. The summed E-state index contributed by atoms with van der Waals surface area (Å²) in [6.45, 7) is 0.802. The van der Waals surface area contributed by atoms with E-state index < -0.39 is 11.7 Å². The Hall–Kier alpha value is -2.58. The number of carbonyl (C=O) groups is 1. The Bertz CT molecular complexity index is 750. The third-order valence-corrected chi connectivity index (χ3v) is 4.19. The molecule has 134 valence electrons. The summed E-state index contributed by atoms with van der Waals surface area (Å²) in [7, 11) is 1.72. The minimum atomic E-state index is -4.44. The molecule has 0 aliphatic carbocycles. The molecule has 1 amide bonds. The van der Waals surface area contributed by atoms with Crippen LogP contribution in [0, 0.1) is 0 Å². The van der Waals surface area contributed by atoms with Gasteiger partial charge in [0.15, 0.2) is 0 Å². The molecule has 1 aliphatic heterocycles. The number of aryl methyl sites for hydroxylation is 1. The summed E-state index contributed by atoms with van der Waals surface area (Å²) in [5.74, 6) is -0.271. The average molecular weight is 353 g/mol. The van der Waals surface area contributed by atoms with Crippen molar-refractivity contribution in [3.8, 4) is 0 Å². The predicted molar refractivity (Wildman–Crippen MR) is 85.1 cm³/mol. The second-order valence-corrected chi connectivity index (χ2v) is 6.01. The summed E-state index contributed by atoms with van der Waals surface area (Å²) in [5.41, 5.74) is -0.262. The zero-order valence-electron chi connectivity index (χ0n) is 13.6. The molecule has 2 aromatic heterocycles. The van der Waals surface area contributed by atoms with Crippen LogP contribution < -0.4 is 10.2 Å². The quantitative estimate of drug-likeness (QED) is 0.919. The molecule has 6 nitrogen and oxygen atoms in total. The number of carbonyl (C=O) groups excluding carboxylic acids is 1. The molecule has 3 heterocycles. The van der Waals surface area contributed by atoms with Crippen molar-refractivity contribution >= 4 is 11.7 Å². The van der Waals surface area contributed by atoms with Gasteiger partial charge in [0.2, 0.25) is 0 Å². The normalized spacial score (nSPS) is 16.1. The lowest BCUT2D eigenvalue weighted by molar-refractivity contribution is -0.137. The number of anilines is 1. The van der Waals surface area contributed by atoms with Crippen molar-refractivity contribution in [3.05, 3.63) is 41.9 Å². The second-order valence-electron chi connectivity index (χ2n) is 6.01. The molecule has 1 N–H and O–H groups in total. The molecular weight excluding hydrogens is 335 g/mol. The number of nitrogens with one attached hydrogen (secondary N) is 1. The van der Waals surface area contributed by atoms with Gasteiger partial charge in [-0.1, -0.05) is 0 Å². The first-order chi connectivity index (χ1) is 11.8. The number of aromatic nitrogens is 3. The standard InChI is InChI=1S/C16H18F3N5O/c1-23-10-11(9-21-23)15(25)22-12-4-7-24(8-5-12)14-13(16(17,18)19)3-2-6-20-14/h2-3,6,9-10,12H,4-5,7-8H2,1H3,(H,22,25). The van der Waals surface area contributed by atoms with Crippen molar-refractivity contribution in [2.24, 2.45) is 7.05 Å². The number of pyridine rings is 1. The molecular formula is C16H18F3N5O. The number of hydrogen-bond donors (Lipinski definition) is 1. The van der Waals surface area contributed by atoms with E-state index in [-0.39, 0.29) is 17.8 Å². The van der Waals surface area contributed by atoms with Gasteiger partial charge in [-0.15, -0.1) is 0 Å². The largest absolute Gasteiger partial charge is 0.419 e. The molecule has 25 heavy (non-hydrogen) atoms. The third-order valence-electron chi connectivity index (χ3n) is 4.19. The number of amides is 1. The topological polar surface area (TPSA) is 63.1 Å². The van der Waals surface area contributed by atoms with Crippen LogP contribution in [0.2, 0.25) is 0 Å². The number of nitrogens with zero attached hydrogens (tertiary/aromatic N) is 4. The monoisotopic (exact) mass is 353 g/mol. The number of hydrogen-bond acceptors (Lipinski definition) is 4. The maximum absolute atomic E-state index is 13.1. The molecule has 3 rings (SSSR count). The van der Waals surface area contributed by atoms with Crippen molar-refractivity contribution in [1.29, 1.82) is 0 Å². The second kappa shape index (κ2) is 6.73. The number of halogens is 3. The van der Waals surface area contributed by atoms with Crippen LogP contribution in [-0.4, -0.2) is 39.8 Å². The van der Waals surface area contributed by atoms with Gasteiger partial charge in [-0.2, -0.15) is 18.3 Å². The maximum Gasteiger partial charge on any atom is 0.419 e. The van der Waals surface area contributed by atoms with Gasteiger partial charge in [-0.05, 0) is 25.0 Å². The summed E-state index contributed by atoms with van der Waals surface area (Å²) in [4.78, 5) is 17.7. The Morgan fingerprint density at radius 1 is 1.32 bits per heavy atom. The van der Waals surface area contributed by atoms with E-state index in [1.54, 1.807) is 18.1 Å². The highest BCUT2D eigenvalue weighted by Gasteiger charge is 2.36. The molecule has 0 saturated carbocycles. The fourth-order valence-electron chi connectivity index (χ4n) is 2.91. The zero-order chi connectivity index (χ0) is 18.0. The lowest BCUT2D eigenvalue weighted by Crippen LogP contribution is -2.45. The van der Waals surface area contributed by atoms with Crippen LogP contribution in [0.15, 0.2) is 30.7 Å². The van der Waals surface area contributed by atoms with Gasteiger partial charge in [0, 0.05) is 38.6 Å². The van der Waals surface area contributed by atoms with E-state index in [0.29, 0.717) is 31.5 Å². The van der Waals surface area contributed by atoms with E-state index in [1.165, 1.54) is 23.1 Å². The highest BCUT2D eigenvalue weighted by Crippen LogP contribution is 2.35. The summed E-state index contributed by atoms with van der Waals surface area (Å²) >= 11 is 0. The zero-order valence-corrected chi connectivity index (χ0v) is 13.6. The van der Waals surface area contributed by atoms with E-state index in [1.807, 2.05) is 0 Å². The molecule has 0 atom stereocenters. The maximum atomic E-state index is 13.1. The first-order valence-electron chi connectivity index (χ1n) is 7.91. The van der Waals surface area contributed by atoms with Crippen molar-refractivity contribution in [2.45, 2.75) is 25.1 Å². The van der Waals surface area contributed by atoms with Gasteiger partial charge < -0.3 is 10.2 Å². The van der Waals surface area contributed by atoms with Gasteiger partial charge >= 0.3 is 6.18 Å². The molecule has 1 aliphatic rings. The molecule has 9 heteroatoms. The summed E-state index contributed by atoms with van der Waals surface area (Å²) in [6.07, 6.45) is 1.14.